The topological polar surface area (TPSA) is 100.0 Å². The molecule has 0 spiro atoms. The van der Waals surface area contributed by atoms with E-state index in [-0.39, 0.29) is 18.2 Å². The second-order valence-corrected chi connectivity index (χ2v) is 11.2. The fourth-order valence-corrected chi connectivity index (χ4v) is 7.23. The van der Waals surface area contributed by atoms with E-state index in [4.69, 9.17) is 14.2 Å². The highest BCUT2D eigenvalue weighted by molar-refractivity contribution is 9.10. The normalized spacial score (nSPS) is 23.5. The van der Waals surface area contributed by atoms with Crippen molar-refractivity contribution in [1.82, 2.24) is 14.5 Å². The molecule has 3 aliphatic rings. The van der Waals surface area contributed by atoms with Gasteiger partial charge >= 0.3 is 11.9 Å². The summed E-state index contributed by atoms with van der Waals surface area (Å²) >= 11 is 6.47. The minimum Gasteiger partial charge on any atom is -0.497 e. The van der Waals surface area contributed by atoms with E-state index < -0.39 is 27.7 Å². The van der Waals surface area contributed by atoms with Gasteiger partial charge in [-0.15, -0.1) is 11.8 Å². The first-order chi connectivity index (χ1) is 16.3. The molecular weight excluding hydrogens is 546 g/mol. The van der Waals surface area contributed by atoms with Crippen LogP contribution in [0.1, 0.15) is 24.3 Å². The first-order valence-electron chi connectivity index (χ1n) is 10.4. The molecule has 2 aromatic rings. The first kappa shape index (κ1) is 23.3. The monoisotopic (exact) mass is 565 g/mol. The molecule has 12 heteroatoms. The molecule has 3 aliphatic heterocycles. The maximum absolute atomic E-state index is 13.4. The van der Waals surface area contributed by atoms with E-state index in [1.807, 2.05) is 10.8 Å². The van der Waals surface area contributed by atoms with Crippen LogP contribution in [0.25, 0.3) is 0 Å². The quantitative estimate of drug-likeness (QED) is 0.284. The number of β-lactam (4-membered cyclic amide) rings is 1. The fraction of sp³-hybridized carbons (Fsp3) is 0.364. The number of methoxy groups -OCH3 is 1. The Morgan fingerprint density at radius 3 is 2.76 bits per heavy atom. The van der Waals surface area contributed by atoms with Crippen molar-refractivity contribution in [1.29, 1.82) is 0 Å². The zero-order valence-electron chi connectivity index (χ0n) is 18.2. The minimum atomic E-state index is -1.25. The number of nitrogens with zero attached hydrogens (tertiary/aromatic N) is 3. The molecule has 9 nitrogen and oxygen atoms in total. The molecule has 178 valence electrons. The molecule has 0 saturated carbocycles. The van der Waals surface area contributed by atoms with Crippen LogP contribution in [0, 0.1) is 0 Å². The number of aromatic nitrogens is 2. The SMILES string of the molecule is COc1ccc(COC(=O)C2=CS[C@@H]3N2C(=O)C3(Br)C(OC(C)=O)c2cn3c(n2)SCC3)cc1. The molecule has 2 unspecified atom stereocenters. The van der Waals surface area contributed by atoms with Gasteiger partial charge in [0, 0.05) is 30.8 Å². The van der Waals surface area contributed by atoms with Gasteiger partial charge in [0.15, 0.2) is 15.6 Å². The van der Waals surface area contributed by atoms with E-state index >= 15 is 0 Å². The molecule has 0 radical (unpaired) electrons. The maximum atomic E-state index is 13.4. The number of alkyl halides is 1. The zero-order valence-corrected chi connectivity index (χ0v) is 21.4. The molecule has 0 aliphatic carbocycles. The summed E-state index contributed by atoms with van der Waals surface area (Å²) in [5, 5.41) is 1.94. The van der Waals surface area contributed by atoms with Crippen molar-refractivity contribution in [2.24, 2.45) is 0 Å². The lowest BCUT2D eigenvalue weighted by Gasteiger charge is -2.51. The summed E-state index contributed by atoms with van der Waals surface area (Å²) in [4.78, 5) is 44.0. The van der Waals surface area contributed by atoms with Gasteiger partial charge in [0.2, 0.25) is 0 Å². The standard InChI is InChI=1S/C22H20BrN3O6S2/c1-12(27)32-17(15-9-25-7-8-33-21(25)24-15)22(23)19(29)26-16(11-34-20(22)26)18(28)31-10-13-3-5-14(30-2)6-4-13/h3-6,9,11,17,20H,7-8,10H2,1-2H3/t17?,20-,22?/m0/s1. The van der Waals surface area contributed by atoms with Crippen LogP contribution in [0.4, 0.5) is 0 Å². The van der Waals surface area contributed by atoms with E-state index in [1.165, 1.54) is 23.6 Å². The van der Waals surface area contributed by atoms with Gasteiger partial charge in [-0.2, -0.15) is 0 Å². The molecule has 1 amide bonds. The molecule has 34 heavy (non-hydrogen) atoms. The number of rotatable bonds is 7. The number of carbonyl (C=O) groups excluding carboxylic acids is 3. The second-order valence-electron chi connectivity index (χ2n) is 7.84. The molecule has 1 fully saturated rings. The van der Waals surface area contributed by atoms with Crippen LogP contribution in [0.3, 0.4) is 0 Å². The number of amides is 1. The summed E-state index contributed by atoms with van der Waals surface area (Å²) in [6.07, 6.45) is 0.881. The minimum absolute atomic E-state index is 0.0605. The Kier molecular flexibility index (Phi) is 6.15. The maximum Gasteiger partial charge on any atom is 0.355 e. The highest BCUT2D eigenvalue weighted by Gasteiger charge is 2.69. The third-order valence-corrected chi connectivity index (χ3v) is 9.36. The summed E-state index contributed by atoms with van der Waals surface area (Å²) in [5.74, 6) is 0.122. The number of halogens is 1. The second kappa shape index (κ2) is 8.97. The van der Waals surface area contributed by atoms with Crippen molar-refractivity contribution < 1.29 is 28.6 Å². The summed E-state index contributed by atoms with van der Waals surface area (Å²) in [6, 6.07) is 7.16. The highest BCUT2D eigenvalue weighted by atomic mass is 79.9. The Morgan fingerprint density at radius 2 is 2.09 bits per heavy atom. The van der Waals surface area contributed by atoms with Crippen molar-refractivity contribution in [2.75, 3.05) is 12.9 Å². The molecule has 0 N–H and O–H groups in total. The molecule has 1 aromatic heterocycles. The fourth-order valence-electron chi connectivity index (χ4n) is 4.02. The number of benzene rings is 1. The molecule has 5 rings (SSSR count). The van der Waals surface area contributed by atoms with Gasteiger partial charge in [-0.25, -0.2) is 9.78 Å². The molecule has 3 atom stereocenters. The number of hydrogen-bond acceptors (Lipinski definition) is 9. The van der Waals surface area contributed by atoms with Gasteiger partial charge in [-0.05, 0) is 17.7 Å². The van der Waals surface area contributed by atoms with Crippen LogP contribution in [-0.4, -0.2) is 54.9 Å². The lowest BCUT2D eigenvalue weighted by molar-refractivity contribution is -0.163. The van der Waals surface area contributed by atoms with E-state index in [0.717, 1.165) is 23.0 Å². The number of esters is 2. The predicted molar refractivity (Wildman–Crippen MR) is 128 cm³/mol. The molecule has 4 heterocycles. The number of ether oxygens (including phenoxy) is 3. The van der Waals surface area contributed by atoms with Crippen LogP contribution in [0.5, 0.6) is 5.75 Å². The summed E-state index contributed by atoms with van der Waals surface area (Å²) in [7, 11) is 1.58. The van der Waals surface area contributed by atoms with Crippen LogP contribution < -0.4 is 4.74 Å². The Labute approximate surface area is 212 Å². The van der Waals surface area contributed by atoms with Crippen LogP contribution in [-0.2, 0) is 37.0 Å². The number of fused-ring (bicyclic) bond motifs is 2. The average Bonchev–Trinajstić information content (AvgIpc) is 3.54. The van der Waals surface area contributed by atoms with Gasteiger partial charge in [-0.1, -0.05) is 39.8 Å². The molecule has 0 bridgehead atoms. The van der Waals surface area contributed by atoms with Crippen molar-refractivity contribution >= 4 is 57.3 Å². The van der Waals surface area contributed by atoms with Gasteiger partial charge < -0.3 is 18.8 Å². The number of thioether (sulfide) groups is 2. The van der Waals surface area contributed by atoms with Crippen molar-refractivity contribution in [2.45, 2.75) is 41.0 Å². The number of carbonyl (C=O) groups is 3. The lowest BCUT2D eigenvalue weighted by Crippen LogP contribution is -2.70. The Bertz CT molecular complexity index is 1180. The van der Waals surface area contributed by atoms with Gasteiger partial charge in [0.05, 0.1) is 7.11 Å². The third kappa shape index (κ3) is 3.81. The van der Waals surface area contributed by atoms with Gasteiger partial charge in [-0.3, -0.25) is 14.5 Å². The Morgan fingerprint density at radius 1 is 1.32 bits per heavy atom. The van der Waals surface area contributed by atoms with Crippen molar-refractivity contribution in [3.05, 3.63) is 52.8 Å². The summed E-state index contributed by atoms with van der Waals surface area (Å²) in [5.41, 5.74) is 1.45. The van der Waals surface area contributed by atoms with E-state index in [2.05, 4.69) is 20.9 Å². The summed E-state index contributed by atoms with van der Waals surface area (Å²) < 4.78 is 16.9. The molecule has 1 aromatic carbocycles. The lowest BCUT2D eigenvalue weighted by atomic mass is 9.89. The van der Waals surface area contributed by atoms with Gasteiger partial charge in [0.1, 0.15) is 29.1 Å². The van der Waals surface area contributed by atoms with Crippen LogP contribution in [0.2, 0.25) is 0 Å². The van der Waals surface area contributed by atoms with Crippen molar-refractivity contribution in [3.63, 3.8) is 0 Å². The van der Waals surface area contributed by atoms with Crippen molar-refractivity contribution in [3.8, 4) is 5.75 Å². The molecule has 1 saturated heterocycles. The van der Waals surface area contributed by atoms with Crippen LogP contribution >= 0.6 is 39.5 Å². The average molecular weight is 566 g/mol. The van der Waals surface area contributed by atoms with E-state index in [0.29, 0.717) is 11.4 Å². The molecular formula is C22H20BrN3O6S2. The predicted octanol–water partition coefficient (Wildman–Crippen LogP) is 3.24. The third-order valence-electron chi connectivity index (χ3n) is 5.70. The Hall–Kier alpha value is -2.44. The first-order valence-corrected chi connectivity index (χ1v) is 13.1. The van der Waals surface area contributed by atoms with E-state index in [1.54, 1.807) is 48.5 Å². The van der Waals surface area contributed by atoms with Crippen LogP contribution in [0.15, 0.2) is 46.7 Å². The summed E-state index contributed by atoms with van der Waals surface area (Å²) in [6.45, 7) is 2.16. The van der Waals surface area contributed by atoms with E-state index in [9.17, 15) is 14.4 Å². The smallest absolute Gasteiger partial charge is 0.355 e. The number of imidazole rings is 1. The number of hydrogen-bond donors (Lipinski definition) is 0. The van der Waals surface area contributed by atoms with Gasteiger partial charge in [0.25, 0.3) is 5.91 Å². The largest absolute Gasteiger partial charge is 0.497 e. The zero-order chi connectivity index (χ0) is 24.0. The highest BCUT2D eigenvalue weighted by Crippen LogP contribution is 2.58. The Balaban J connectivity index is 1.31. The number of aryl methyl sites for hydroxylation is 1.